The summed E-state index contributed by atoms with van der Waals surface area (Å²) in [5.74, 6) is 0.463. The normalized spacial score (nSPS) is 17.4. The molecule has 19 heavy (non-hydrogen) atoms. The summed E-state index contributed by atoms with van der Waals surface area (Å²) in [6.45, 7) is 2.92. The van der Waals surface area contributed by atoms with Gasteiger partial charge in [-0.05, 0) is 57.1 Å². The van der Waals surface area contributed by atoms with Crippen LogP contribution in [-0.2, 0) is 0 Å². The van der Waals surface area contributed by atoms with E-state index in [0.29, 0.717) is 22.2 Å². The second-order valence-electron chi connectivity index (χ2n) is 5.23. The molecule has 1 amide bonds. The van der Waals surface area contributed by atoms with E-state index in [9.17, 15) is 4.79 Å². The monoisotopic (exact) mass is 281 g/mol. The summed E-state index contributed by atoms with van der Waals surface area (Å²) in [7, 11) is 2.13. The summed E-state index contributed by atoms with van der Waals surface area (Å²) in [6.07, 6.45) is 2.27. The lowest BCUT2D eigenvalue weighted by atomic mass is 9.97. The average Bonchev–Trinajstić information content (AvgIpc) is 2.36. The van der Waals surface area contributed by atoms with Crippen LogP contribution in [0.1, 0.15) is 23.2 Å². The van der Waals surface area contributed by atoms with Crippen LogP contribution < -0.4 is 11.1 Å². The number of rotatable bonds is 3. The van der Waals surface area contributed by atoms with E-state index in [2.05, 4.69) is 17.3 Å². The average molecular weight is 282 g/mol. The molecule has 1 saturated heterocycles. The van der Waals surface area contributed by atoms with Gasteiger partial charge in [-0.3, -0.25) is 4.79 Å². The molecule has 2 rings (SSSR count). The van der Waals surface area contributed by atoms with Crippen LogP contribution in [0.4, 0.5) is 5.69 Å². The van der Waals surface area contributed by atoms with E-state index in [-0.39, 0.29) is 5.91 Å². The van der Waals surface area contributed by atoms with E-state index in [0.717, 1.165) is 32.5 Å². The van der Waals surface area contributed by atoms with Crippen LogP contribution in [-0.4, -0.2) is 37.5 Å². The molecule has 0 spiro atoms. The van der Waals surface area contributed by atoms with Gasteiger partial charge in [-0.1, -0.05) is 11.6 Å². The van der Waals surface area contributed by atoms with Crippen LogP contribution in [0.3, 0.4) is 0 Å². The predicted octanol–water partition coefficient (Wildman–Crippen LogP) is 1.99. The van der Waals surface area contributed by atoms with Crippen LogP contribution in [0.5, 0.6) is 0 Å². The topological polar surface area (TPSA) is 58.4 Å². The number of hydrogen-bond acceptors (Lipinski definition) is 3. The molecule has 1 aliphatic heterocycles. The lowest BCUT2D eigenvalue weighted by molar-refractivity contribution is 0.0939. The standard InChI is InChI=1S/C14H20ClN3O/c1-18-4-2-10(3-5-18)9-17-14(19)11-6-12(15)8-13(16)7-11/h6-8,10H,2-5,9,16H2,1H3,(H,17,19). The molecule has 0 radical (unpaired) electrons. The van der Waals surface area contributed by atoms with Crippen molar-refractivity contribution in [2.75, 3.05) is 32.4 Å². The van der Waals surface area contributed by atoms with Crippen molar-refractivity contribution >= 4 is 23.2 Å². The number of nitrogens with two attached hydrogens (primary N) is 1. The Balaban J connectivity index is 1.87. The van der Waals surface area contributed by atoms with Crippen molar-refractivity contribution in [1.82, 2.24) is 10.2 Å². The minimum absolute atomic E-state index is 0.104. The number of amides is 1. The van der Waals surface area contributed by atoms with E-state index in [1.807, 2.05) is 0 Å². The molecule has 0 unspecified atom stereocenters. The minimum atomic E-state index is -0.104. The van der Waals surface area contributed by atoms with Crippen molar-refractivity contribution in [2.24, 2.45) is 5.92 Å². The number of carbonyl (C=O) groups is 1. The smallest absolute Gasteiger partial charge is 0.251 e. The van der Waals surface area contributed by atoms with Gasteiger partial charge in [0.1, 0.15) is 0 Å². The Bertz CT molecular complexity index is 436. The van der Waals surface area contributed by atoms with Crippen molar-refractivity contribution in [3.8, 4) is 0 Å². The summed E-state index contributed by atoms with van der Waals surface area (Å²) in [5, 5.41) is 3.46. The Hall–Kier alpha value is -1.26. The van der Waals surface area contributed by atoms with Gasteiger partial charge in [-0.2, -0.15) is 0 Å². The fourth-order valence-electron chi connectivity index (χ4n) is 2.35. The van der Waals surface area contributed by atoms with Crippen molar-refractivity contribution in [1.29, 1.82) is 0 Å². The van der Waals surface area contributed by atoms with Crippen molar-refractivity contribution in [2.45, 2.75) is 12.8 Å². The van der Waals surface area contributed by atoms with Crippen LogP contribution in [0.25, 0.3) is 0 Å². The highest BCUT2D eigenvalue weighted by molar-refractivity contribution is 6.31. The molecule has 1 aromatic rings. The first-order chi connectivity index (χ1) is 9.04. The number of anilines is 1. The molecule has 1 heterocycles. The molecule has 0 aromatic heterocycles. The molecule has 1 aliphatic rings. The molecular formula is C14H20ClN3O. The van der Waals surface area contributed by atoms with E-state index >= 15 is 0 Å². The van der Waals surface area contributed by atoms with Crippen molar-refractivity contribution in [3.63, 3.8) is 0 Å². The first-order valence-corrected chi connectivity index (χ1v) is 6.95. The van der Waals surface area contributed by atoms with Crippen LogP contribution in [0, 0.1) is 5.92 Å². The summed E-state index contributed by atoms with van der Waals surface area (Å²) in [4.78, 5) is 14.3. The Labute approximate surface area is 118 Å². The molecule has 1 aromatic carbocycles. The predicted molar refractivity (Wildman–Crippen MR) is 78.4 cm³/mol. The molecule has 0 aliphatic carbocycles. The van der Waals surface area contributed by atoms with Crippen molar-refractivity contribution < 1.29 is 4.79 Å². The Morgan fingerprint density at radius 2 is 2.11 bits per heavy atom. The quantitative estimate of drug-likeness (QED) is 0.833. The largest absolute Gasteiger partial charge is 0.399 e. The lowest BCUT2D eigenvalue weighted by Gasteiger charge is -2.28. The second kappa shape index (κ2) is 6.26. The van der Waals surface area contributed by atoms with Gasteiger partial charge in [0, 0.05) is 22.8 Å². The van der Waals surface area contributed by atoms with E-state index in [4.69, 9.17) is 17.3 Å². The van der Waals surface area contributed by atoms with Gasteiger partial charge in [-0.15, -0.1) is 0 Å². The van der Waals surface area contributed by atoms with Crippen LogP contribution >= 0.6 is 11.6 Å². The van der Waals surface area contributed by atoms with Gasteiger partial charge in [-0.25, -0.2) is 0 Å². The second-order valence-corrected chi connectivity index (χ2v) is 5.67. The number of nitrogens with zero attached hydrogens (tertiary/aromatic N) is 1. The Morgan fingerprint density at radius 3 is 2.74 bits per heavy atom. The minimum Gasteiger partial charge on any atom is -0.399 e. The van der Waals surface area contributed by atoms with E-state index < -0.39 is 0 Å². The first-order valence-electron chi connectivity index (χ1n) is 6.57. The van der Waals surface area contributed by atoms with Crippen LogP contribution in [0.2, 0.25) is 5.02 Å². The highest BCUT2D eigenvalue weighted by Gasteiger charge is 2.17. The number of nitrogens with one attached hydrogen (secondary N) is 1. The van der Waals surface area contributed by atoms with E-state index in [1.54, 1.807) is 18.2 Å². The fraction of sp³-hybridized carbons (Fsp3) is 0.500. The van der Waals surface area contributed by atoms with Gasteiger partial charge in [0.15, 0.2) is 0 Å². The van der Waals surface area contributed by atoms with Gasteiger partial charge in [0.05, 0.1) is 0 Å². The Kier molecular flexibility index (Phi) is 4.66. The zero-order chi connectivity index (χ0) is 13.8. The number of halogens is 1. The van der Waals surface area contributed by atoms with Gasteiger partial charge in [0.2, 0.25) is 0 Å². The van der Waals surface area contributed by atoms with Gasteiger partial charge in [0.25, 0.3) is 5.91 Å². The summed E-state index contributed by atoms with van der Waals surface area (Å²) in [5.41, 5.74) is 6.72. The number of benzene rings is 1. The SMILES string of the molecule is CN1CCC(CNC(=O)c2cc(N)cc(Cl)c2)CC1. The van der Waals surface area contributed by atoms with Gasteiger partial charge >= 0.3 is 0 Å². The molecule has 0 bridgehead atoms. The van der Waals surface area contributed by atoms with Crippen molar-refractivity contribution in [3.05, 3.63) is 28.8 Å². The van der Waals surface area contributed by atoms with Gasteiger partial charge < -0.3 is 16.0 Å². The first kappa shape index (κ1) is 14.2. The molecule has 1 fully saturated rings. The maximum absolute atomic E-state index is 12.0. The van der Waals surface area contributed by atoms with Crippen LogP contribution in [0.15, 0.2) is 18.2 Å². The zero-order valence-corrected chi connectivity index (χ0v) is 11.9. The molecular weight excluding hydrogens is 262 g/mol. The van der Waals surface area contributed by atoms with E-state index in [1.165, 1.54) is 0 Å². The summed E-state index contributed by atoms with van der Waals surface area (Å²) >= 11 is 5.89. The molecule has 0 saturated carbocycles. The highest BCUT2D eigenvalue weighted by Crippen LogP contribution is 2.18. The number of nitrogen functional groups attached to an aromatic ring is 1. The third-order valence-corrected chi connectivity index (χ3v) is 3.79. The zero-order valence-electron chi connectivity index (χ0n) is 11.2. The summed E-state index contributed by atoms with van der Waals surface area (Å²) < 4.78 is 0. The Morgan fingerprint density at radius 1 is 1.42 bits per heavy atom. The third kappa shape index (κ3) is 4.11. The number of likely N-dealkylation sites (tertiary alicyclic amines) is 1. The molecule has 0 atom stereocenters. The summed E-state index contributed by atoms with van der Waals surface area (Å²) in [6, 6.07) is 4.92. The number of hydrogen-bond donors (Lipinski definition) is 2. The maximum atomic E-state index is 12.0. The molecule has 104 valence electrons. The fourth-order valence-corrected chi connectivity index (χ4v) is 2.59. The highest BCUT2D eigenvalue weighted by atomic mass is 35.5. The molecule has 4 nitrogen and oxygen atoms in total. The number of carbonyl (C=O) groups excluding carboxylic acids is 1. The molecule has 5 heteroatoms. The maximum Gasteiger partial charge on any atom is 0.251 e. The number of piperidine rings is 1. The third-order valence-electron chi connectivity index (χ3n) is 3.57. The lowest BCUT2D eigenvalue weighted by Crippen LogP contribution is -2.36. The molecule has 3 N–H and O–H groups in total.